The van der Waals surface area contributed by atoms with Gasteiger partial charge in [0, 0.05) is 56.0 Å². The first-order valence-electron chi connectivity index (χ1n) is 12.1. The van der Waals surface area contributed by atoms with Crippen LogP contribution in [0.3, 0.4) is 0 Å². The van der Waals surface area contributed by atoms with E-state index in [9.17, 15) is 24.7 Å². The molecule has 3 rings (SSSR count). The summed E-state index contributed by atoms with van der Waals surface area (Å²) in [5.41, 5.74) is 2.90. The number of Topliss-reactive ketones (excluding diaryl/α,β-unsaturated/α-hetero) is 1. The molecule has 194 valence electrons. The van der Waals surface area contributed by atoms with E-state index in [1.807, 2.05) is 36.4 Å². The molecule has 0 spiro atoms. The van der Waals surface area contributed by atoms with Crippen LogP contribution in [-0.2, 0) is 24.4 Å². The van der Waals surface area contributed by atoms with Gasteiger partial charge in [0.15, 0.2) is 5.78 Å². The Labute approximate surface area is 215 Å². The molecule has 2 atom stereocenters. The molecular weight excluding hydrogens is 475 g/mol. The van der Waals surface area contributed by atoms with Gasteiger partial charge in [-0.15, -0.1) is 0 Å². The fourth-order valence-electron chi connectivity index (χ4n) is 3.94. The predicted octanol–water partition coefficient (Wildman–Crippen LogP) is 2.11. The number of ketones is 1. The van der Waals surface area contributed by atoms with Crippen molar-refractivity contribution in [3.8, 4) is 0 Å². The average molecular weight is 506 g/mol. The van der Waals surface area contributed by atoms with E-state index in [-0.39, 0.29) is 25.0 Å². The lowest BCUT2D eigenvalue weighted by molar-refractivity contribution is -0.139. The van der Waals surface area contributed by atoms with Crippen molar-refractivity contribution in [3.63, 3.8) is 0 Å². The monoisotopic (exact) mass is 506 g/mol. The van der Waals surface area contributed by atoms with Crippen LogP contribution in [0.5, 0.6) is 0 Å². The summed E-state index contributed by atoms with van der Waals surface area (Å²) in [7, 11) is -1.76. The van der Waals surface area contributed by atoms with Crippen molar-refractivity contribution in [1.82, 2.24) is 19.9 Å². The molecular formula is C26H31BN4O6. The molecule has 0 saturated heterocycles. The standard InChI is InChI=1S/C26H31BN4O6/c32-24(14-26(34)35)10-8-20(27(36)37)13-25(33)19-7-9-23(30-15-19)18-31(16-21-5-1-3-11-28-21)17-22-6-2-4-12-29-22/h1-7,9,11-12,15,20,24,32,36-37H,8,10,13-14,16-18H2,(H,34,35)/t20-,24?/m1/s1. The Kier molecular flexibility index (Phi) is 10.8. The predicted molar refractivity (Wildman–Crippen MR) is 136 cm³/mol. The number of aliphatic hydroxyl groups is 1. The summed E-state index contributed by atoms with van der Waals surface area (Å²) in [4.78, 5) is 38.9. The highest BCUT2D eigenvalue weighted by atomic mass is 16.4. The number of carbonyl (C=O) groups excluding carboxylic acids is 1. The van der Waals surface area contributed by atoms with E-state index in [0.29, 0.717) is 25.2 Å². The van der Waals surface area contributed by atoms with Crippen molar-refractivity contribution in [2.45, 2.75) is 57.2 Å². The maximum Gasteiger partial charge on any atom is 0.455 e. The summed E-state index contributed by atoms with van der Waals surface area (Å²) < 4.78 is 0. The molecule has 10 nitrogen and oxygen atoms in total. The highest BCUT2D eigenvalue weighted by Gasteiger charge is 2.27. The second-order valence-corrected chi connectivity index (χ2v) is 8.96. The molecule has 3 aromatic rings. The zero-order valence-electron chi connectivity index (χ0n) is 20.4. The van der Waals surface area contributed by atoms with E-state index >= 15 is 0 Å². The Morgan fingerprint density at radius 2 is 1.41 bits per heavy atom. The summed E-state index contributed by atoms with van der Waals surface area (Å²) in [5, 5.41) is 37.8. The maximum atomic E-state index is 12.8. The van der Waals surface area contributed by atoms with Gasteiger partial charge >= 0.3 is 13.1 Å². The van der Waals surface area contributed by atoms with Crippen LogP contribution in [0.4, 0.5) is 0 Å². The minimum absolute atomic E-state index is 0.0431. The van der Waals surface area contributed by atoms with Crippen molar-refractivity contribution in [2.24, 2.45) is 0 Å². The van der Waals surface area contributed by atoms with Gasteiger partial charge < -0.3 is 20.3 Å². The summed E-state index contributed by atoms with van der Waals surface area (Å²) in [6.07, 6.45) is 3.38. The SMILES string of the molecule is O=C(O)CC(O)CC[C@H](CC(=O)c1ccc(CN(Cc2ccccn2)Cc2ccccn2)nc1)B(O)O. The van der Waals surface area contributed by atoms with Gasteiger partial charge in [0.05, 0.1) is 29.6 Å². The van der Waals surface area contributed by atoms with Crippen LogP contribution in [-0.4, -0.2) is 65.1 Å². The van der Waals surface area contributed by atoms with Gasteiger partial charge in [-0.05, 0) is 49.2 Å². The summed E-state index contributed by atoms with van der Waals surface area (Å²) >= 11 is 0. The molecule has 0 aromatic carbocycles. The molecule has 4 N–H and O–H groups in total. The molecule has 3 heterocycles. The lowest BCUT2D eigenvalue weighted by Crippen LogP contribution is -2.25. The van der Waals surface area contributed by atoms with Gasteiger partial charge in [-0.2, -0.15) is 0 Å². The smallest absolute Gasteiger partial charge is 0.455 e. The van der Waals surface area contributed by atoms with Crippen molar-refractivity contribution in [2.75, 3.05) is 0 Å². The van der Waals surface area contributed by atoms with Gasteiger partial charge in [0.2, 0.25) is 0 Å². The maximum absolute atomic E-state index is 12.8. The molecule has 0 aliphatic carbocycles. The Bertz CT molecular complexity index is 1080. The fraction of sp³-hybridized carbons (Fsp3) is 0.346. The molecule has 37 heavy (non-hydrogen) atoms. The van der Waals surface area contributed by atoms with Crippen LogP contribution >= 0.6 is 0 Å². The number of nitrogens with zero attached hydrogens (tertiary/aromatic N) is 4. The van der Waals surface area contributed by atoms with E-state index in [1.54, 1.807) is 24.5 Å². The second-order valence-electron chi connectivity index (χ2n) is 8.96. The summed E-state index contributed by atoms with van der Waals surface area (Å²) in [6.45, 7) is 1.67. The normalized spacial score (nSPS) is 12.8. The topological polar surface area (TPSA) is 157 Å². The van der Waals surface area contributed by atoms with E-state index in [1.165, 1.54) is 6.20 Å². The molecule has 0 fully saturated rings. The molecule has 0 amide bonds. The van der Waals surface area contributed by atoms with Crippen LogP contribution in [0.15, 0.2) is 67.1 Å². The quantitative estimate of drug-likeness (QED) is 0.178. The fourth-order valence-corrected chi connectivity index (χ4v) is 3.94. The number of aliphatic carboxylic acids is 1. The number of pyridine rings is 3. The number of carbonyl (C=O) groups is 2. The van der Waals surface area contributed by atoms with Gasteiger partial charge in [-0.3, -0.25) is 29.4 Å². The van der Waals surface area contributed by atoms with Crippen molar-refractivity contribution in [3.05, 3.63) is 89.8 Å². The first kappa shape index (κ1) is 28.1. The molecule has 0 bridgehead atoms. The molecule has 1 unspecified atom stereocenters. The van der Waals surface area contributed by atoms with E-state index in [4.69, 9.17) is 5.11 Å². The number of carboxylic acid groups (broad SMARTS) is 1. The van der Waals surface area contributed by atoms with Crippen LogP contribution in [0.25, 0.3) is 0 Å². The Hall–Kier alpha value is -3.51. The molecule has 11 heteroatoms. The van der Waals surface area contributed by atoms with Gasteiger partial charge in [-0.1, -0.05) is 12.1 Å². The highest BCUT2D eigenvalue weighted by Crippen LogP contribution is 2.24. The van der Waals surface area contributed by atoms with E-state index in [0.717, 1.165) is 17.1 Å². The third-order valence-electron chi connectivity index (χ3n) is 5.91. The number of carboxylic acids is 1. The van der Waals surface area contributed by atoms with Crippen molar-refractivity contribution < 1.29 is 29.9 Å². The van der Waals surface area contributed by atoms with Gasteiger partial charge in [0.1, 0.15) is 0 Å². The van der Waals surface area contributed by atoms with E-state index in [2.05, 4.69) is 19.9 Å². The van der Waals surface area contributed by atoms with Crippen LogP contribution in [0.2, 0.25) is 5.82 Å². The summed E-state index contributed by atoms with van der Waals surface area (Å²) in [5.74, 6) is -2.29. The highest BCUT2D eigenvalue weighted by molar-refractivity contribution is 6.43. The third kappa shape index (κ3) is 9.81. The number of rotatable bonds is 15. The Morgan fingerprint density at radius 3 is 1.86 bits per heavy atom. The van der Waals surface area contributed by atoms with Crippen molar-refractivity contribution in [1.29, 1.82) is 0 Å². The largest absolute Gasteiger partial charge is 0.481 e. The number of aliphatic hydroxyl groups excluding tert-OH is 1. The molecule has 0 saturated carbocycles. The number of hydrogen-bond donors (Lipinski definition) is 4. The molecule has 3 aromatic heterocycles. The minimum atomic E-state index is -1.76. The molecule has 0 aliphatic rings. The summed E-state index contributed by atoms with van der Waals surface area (Å²) in [6, 6.07) is 14.9. The lowest BCUT2D eigenvalue weighted by atomic mass is 9.67. The first-order valence-corrected chi connectivity index (χ1v) is 12.1. The van der Waals surface area contributed by atoms with Crippen LogP contribution < -0.4 is 0 Å². The van der Waals surface area contributed by atoms with Crippen LogP contribution in [0, 0.1) is 0 Å². The van der Waals surface area contributed by atoms with Crippen LogP contribution in [0.1, 0.15) is 53.1 Å². The minimum Gasteiger partial charge on any atom is -0.481 e. The number of aromatic nitrogens is 3. The zero-order valence-corrected chi connectivity index (χ0v) is 20.4. The van der Waals surface area contributed by atoms with E-state index < -0.39 is 31.4 Å². The Morgan fingerprint density at radius 1 is 0.811 bits per heavy atom. The first-order chi connectivity index (χ1) is 17.8. The zero-order chi connectivity index (χ0) is 26.6. The number of hydrogen-bond acceptors (Lipinski definition) is 9. The van der Waals surface area contributed by atoms with Gasteiger partial charge in [0.25, 0.3) is 0 Å². The Balaban J connectivity index is 1.62. The third-order valence-corrected chi connectivity index (χ3v) is 5.91. The van der Waals surface area contributed by atoms with Gasteiger partial charge in [-0.25, -0.2) is 0 Å². The average Bonchev–Trinajstić information content (AvgIpc) is 2.87. The molecule has 0 aliphatic heterocycles. The lowest BCUT2D eigenvalue weighted by Gasteiger charge is -2.21. The second kappa shape index (κ2) is 14.3. The van der Waals surface area contributed by atoms with Crippen molar-refractivity contribution >= 4 is 18.9 Å². The molecule has 0 radical (unpaired) electrons.